The second-order valence-corrected chi connectivity index (χ2v) is 7.96. The summed E-state index contributed by atoms with van der Waals surface area (Å²) in [6, 6.07) is 10.6. The first kappa shape index (κ1) is 18.4. The quantitative estimate of drug-likeness (QED) is 0.862. The Bertz CT molecular complexity index is 665. The molecule has 4 rings (SSSR count). The van der Waals surface area contributed by atoms with E-state index in [9.17, 15) is 9.59 Å². The highest BCUT2D eigenvalue weighted by Gasteiger charge is 2.37. The summed E-state index contributed by atoms with van der Waals surface area (Å²) in [5, 5.41) is 3.13. The molecule has 2 amide bonds. The fourth-order valence-electron chi connectivity index (χ4n) is 4.74. The lowest BCUT2D eigenvalue weighted by atomic mass is 10.0. The Kier molecular flexibility index (Phi) is 5.74. The van der Waals surface area contributed by atoms with Gasteiger partial charge >= 0.3 is 0 Å². The van der Waals surface area contributed by atoms with Crippen LogP contribution in [0.3, 0.4) is 0 Å². The van der Waals surface area contributed by atoms with Crippen molar-refractivity contribution in [3.63, 3.8) is 0 Å². The first-order chi connectivity index (χ1) is 13.2. The van der Waals surface area contributed by atoms with Gasteiger partial charge in [-0.15, -0.1) is 0 Å². The second kappa shape index (κ2) is 8.40. The molecule has 3 fully saturated rings. The van der Waals surface area contributed by atoms with E-state index < -0.39 is 0 Å². The Morgan fingerprint density at radius 3 is 2.70 bits per heavy atom. The number of rotatable bonds is 4. The van der Waals surface area contributed by atoms with E-state index in [0.29, 0.717) is 13.1 Å². The number of nitrogens with one attached hydrogen (secondary N) is 1. The third-order valence-electron chi connectivity index (χ3n) is 6.15. The predicted molar refractivity (Wildman–Crippen MR) is 104 cm³/mol. The summed E-state index contributed by atoms with van der Waals surface area (Å²) in [4.78, 5) is 31.9. The maximum absolute atomic E-state index is 13.3. The van der Waals surface area contributed by atoms with Gasteiger partial charge in [0.05, 0.1) is 12.6 Å². The van der Waals surface area contributed by atoms with Crippen LogP contribution in [0.15, 0.2) is 30.3 Å². The van der Waals surface area contributed by atoms with Crippen molar-refractivity contribution in [2.45, 2.75) is 44.3 Å². The van der Waals surface area contributed by atoms with Crippen LogP contribution in [0, 0.1) is 0 Å². The molecule has 6 nitrogen and oxygen atoms in total. The topological polar surface area (TPSA) is 55.9 Å². The highest BCUT2D eigenvalue weighted by Crippen LogP contribution is 2.24. The van der Waals surface area contributed by atoms with E-state index in [1.54, 1.807) is 0 Å². The van der Waals surface area contributed by atoms with Gasteiger partial charge in [-0.1, -0.05) is 30.3 Å². The normalized spacial score (nSPS) is 27.2. The number of nitrogens with zero attached hydrogens (tertiary/aromatic N) is 3. The maximum atomic E-state index is 13.3. The van der Waals surface area contributed by atoms with Gasteiger partial charge in [-0.3, -0.25) is 14.5 Å². The van der Waals surface area contributed by atoms with Gasteiger partial charge < -0.3 is 15.1 Å². The molecule has 1 aromatic carbocycles. The van der Waals surface area contributed by atoms with Crippen molar-refractivity contribution in [3.05, 3.63) is 35.9 Å². The fraction of sp³-hybridized carbons (Fsp3) is 0.619. The van der Waals surface area contributed by atoms with Gasteiger partial charge in [-0.05, 0) is 37.8 Å². The number of carbonyl (C=O) groups excluding carboxylic acids is 2. The zero-order valence-corrected chi connectivity index (χ0v) is 16.0. The Morgan fingerprint density at radius 2 is 1.89 bits per heavy atom. The molecule has 0 aromatic heterocycles. The minimum atomic E-state index is -0.0114. The lowest BCUT2D eigenvalue weighted by Gasteiger charge is -2.42. The average molecular weight is 370 g/mol. The molecule has 27 heavy (non-hydrogen) atoms. The summed E-state index contributed by atoms with van der Waals surface area (Å²) in [7, 11) is 0. The molecule has 3 aliphatic heterocycles. The van der Waals surface area contributed by atoms with Gasteiger partial charge in [0.25, 0.3) is 0 Å². The molecule has 0 aliphatic carbocycles. The zero-order valence-electron chi connectivity index (χ0n) is 16.0. The second-order valence-electron chi connectivity index (χ2n) is 7.96. The van der Waals surface area contributed by atoms with Crippen molar-refractivity contribution >= 4 is 11.8 Å². The number of piperazine rings is 1. The number of hydrogen-bond donors (Lipinski definition) is 1. The summed E-state index contributed by atoms with van der Waals surface area (Å²) >= 11 is 0. The van der Waals surface area contributed by atoms with Gasteiger partial charge in [0.2, 0.25) is 11.8 Å². The highest BCUT2D eigenvalue weighted by molar-refractivity contribution is 5.83. The number of amides is 2. The van der Waals surface area contributed by atoms with Gasteiger partial charge in [-0.25, -0.2) is 0 Å². The van der Waals surface area contributed by atoms with Gasteiger partial charge in [-0.2, -0.15) is 0 Å². The van der Waals surface area contributed by atoms with Gasteiger partial charge in [0.1, 0.15) is 0 Å². The van der Waals surface area contributed by atoms with Crippen LogP contribution in [-0.2, 0) is 16.1 Å². The number of piperidine rings is 1. The molecule has 3 heterocycles. The van der Waals surface area contributed by atoms with Crippen molar-refractivity contribution in [2.24, 2.45) is 0 Å². The number of benzene rings is 1. The van der Waals surface area contributed by atoms with Crippen LogP contribution >= 0.6 is 0 Å². The van der Waals surface area contributed by atoms with Crippen LogP contribution in [0.5, 0.6) is 0 Å². The molecular formula is C21H30N4O2. The monoisotopic (exact) mass is 370 g/mol. The minimum Gasteiger partial charge on any atom is -0.339 e. The van der Waals surface area contributed by atoms with Crippen LogP contribution in [0.4, 0.5) is 0 Å². The summed E-state index contributed by atoms with van der Waals surface area (Å²) in [6.07, 6.45) is 4.02. The molecule has 3 aliphatic rings. The minimum absolute atomic E-state index is 0.0114. The standard InChI is InChI=1S/C21H30N4O2/c26-20-14-22-10-13-25(20)18-8-4-12-24(16-18)21(27)19-9-5-11-23(19)15-17-6-2-1-3-7-17/h1-3,6-7,18-19,22H,4-5,8-16H2. The molecular weight excluding hydrogens is 340 g/mol. The van der Waals surface area contributed by atoms with Crippen LogP contribution in [0.1, 0.15) is 31.2 Å². The lowest BCUT2D eigenvalue weighted by Crippen LogP contribution is -2.59. The van der Waals surface area contributed by atoms with E-state index in [1.165, 1.54) is 5.56 Å². The largest absolute Gasteiger partial charge is 0.339 e. The Labute approximate surface area is 161 Å². The van der Waals surface area contributed by atoms with E-state index in [2.05, 4.69) is 34.5 Å². The maximum Gasteiger partial charge on any atom is 0.240 e. The van der Waals surface area contributed by atoms with E-state index in [1.807, 2.05) is 15.9 Å². The molecule has 1 N–H and O–H groups in total. The van der Waals surface area contributed by atoms with Crippen molar-refractivity contribution < 1.29 is 9.59 Å². The van der Waals surface area contributed by atoms with E-state index in [0.717, 1.165) is 58.4 Å². The first-order valence-corrected chi connectivity index (χ1v) is 10.3. The van der Waals surface area contributed by atoms with Crippen LogP contribution in [-0.4, -0.2) is 77.9 Å². The fourth-order valence-corrected chi connectivity index (χ4v) is 4.74. The van der Waals surface area contributed by atoms with Crippen molar-refractivity contribution in [2.75, 3.05) is 39.3 Å². The van der Waals surface area contributed by atoms with Gasteiger partial charge in [0, 0.05) is 38.8 Å². The number of likely N-dealkylation sites (tertiary alicyclic amines) is 2. The van der Waals surface area contributed by atoms with E-state index >= 15 is 0 Å². The van der Waals surface area contributed by atoms with Crippen LogP contribution < -0.4 is 5.32 Å². The molecule has 146 valence electrons. The van der Waals surface area contributed by atoms with E-state index in [-0.39, 0.29) is 23.9 Å². The van der Waals surface area contributed by atoms with Crippen LogP contribution in [0.25, 0.3) is 0 Å². The third kappa shape index (κ3) is 4.17. The molecule has 2 unspecified atom stereocenters. The Balaban J connectivity index is 1.39. The molecule has 0 spiro atoms. The SMILES string of the molecule is O=C(C1CCCN1Cc1ccccc1)N1CCCC(N2CCNCC2=O)C1. The summed E-state index contributed by atoms with van der Waals surface area (Å²) in [5.74, 6) is 0.433. The predicted octanol–water partition coefficient (Wildman–Crippen LogP) is 1.07. The Hall–Kier alpha value is -1.92. The smallest absolute Gasteiger partial charge is 0.240 e. The summed E-state index contributed by atoms with van der Waals surface area (Å²) in [5.41, 5.74) is 1.26. The van der Waals surface area contributed by atoms with Crippen molar-refractivity contribution in [3.8, 4) is 0 Å². The molecule has 0 saturated carbocycles. The Morgan fingerprint density at radius 1 is 1.07 bits per heavy atom. The first-order valence-electron chi connectivity index (χ1n) is 10.3. The van der Waals surface area contributed by atoms with Crippen molar-refractivity contribution in [1.82, 2.24) is 20.0 Å². The summed E-state index contributed by atoms with van der Waals surface area (Å²) in [6.45, 7) is 5.38. The molecule has 6 heteroatoms. The summed E-state index contributed by atoms with van der Waals surface area (Å²) < 4.78 is 0. The van der Waals surface area contributed by atoms with E-state index in [4.69, 9.17) is 0 Å². The number of carbonyl (C=O) groups is 2. The molecule has 0 radical (unpaired) electrons. The van der Waals surface area contributed by atoms with Crippen molar-refractivity contribution in [1.29, 1.82) is 0 Å². The molecule has 0 bridgehead atoms. The highest BCUT2D eigenvalue weighted by atomic mass is 16.2. The van der Waals surface area contributed by atoms with Gasteiger partial charge in [0.15, 0.2) is 0 Å². The molecule has 3 saturated heterocycles. The zero-order chi connectivity index (χ0) is 18.6. The molecule has 1 aromatic rings. The molecule has 2 atom stereocenters. The number of hydrogen-bond acceptors (Lipinski definition) is 4. The average Bonchev–Trinajstić information content (AvgIpc) is 3.17. The third-order valence-corrected chi connectivity index (χ3v) is 6.15. The van der Waals surface area contributed by atoms with Crippen LogP contribution in [0.2, 0.25) is 0 Å². The lowest BCUT2D eigenvalue weighted by molar-refractivity contribution is -0.143.